The number of rotatable bonds is 3. The SMILES string of the molecule is Cc1c(/C=C(/C#N)C(=O)NC2c3ccccc3CC2O)cc(C#N)n1C. The third-order valence-corrected chi connectivity index (χ3v) is 4.84. The largest absolute Gasteiger partial charge is 0.390 e. The zero-order valence-corrected chi connectivity index (χ0v) is 14.5. The molecule has 1 aromatic heterocycles. The van der Waals surface area contributed by atoms with Crippen molar-refractivity contribution >= 4 is 12.0 Å². The standard InChI is InChI=1S/C20H18N4O2/c1-12-14(8-16(11-22)24(12)2)7-15(10-21)20(26)23-19-17-6-4-3-5-13(17)9-18(19)25/h3-8,18-19,25H,9H2,1-2H3,(H,23,26)/b15-7-. The van der Waals surface area contributed by atoms with Gasteiger partial charge in [-0.3, -0.25) is 4.79 Å². The fourth-order valence-electron chi connectivity index (χ4n) is 3.25. The summed E-state index contributed by atoms with van der Waals surface area (Å²) in [4.78, 5) is 12.6. The second-order valence-corrected chi connectivity index (χ2v) is 6.33. The molecule has 1 heterocycles. The number of nitrogens with zero attached hydrogens (tertiary/aromatic N) is 3. The van der Waals surface area contributed by atoms with Gasteiger partial charge in [-0.25, -0.2) is 0 Å². The smallest absolute Gasteiger partial charge is 0.262 e. The van der Waals surface area contributed by atoms with Crippen molar-refractivity contribution in [3.63, 3.8) is 0 Å². The zero-order valence-electron chi connectivity index (χ0n) is 14.5. The summed E-state index contributed by atoms with van der Waals surface area (Å²) in [6.45, 7) is 1.82. The fourth-order valence-corrected chi connectivity index (χ4v) is 3.25. The van der Waals surface area contributed by atoms with Gasteiger partial charge in [-0.1, -0.05) is 24.3 Å². The molecule has 26 heavy (non-hydrogen) atoms. The second-order valence-electron chi connectivity index (χ2n) is 6.33. The highest BCUT2D eigenvalue weighted by molar-refractivity contribution is 6.02. The number of fused-ring (bicyclic) bond motifs is 1. The van der Waals surface area contributed by atoms with Crippen molar-refractivity contribution in [2.45, 2.75) is 25.5 Å². The van der Waals surface area contributed by atoms with Gasteiger partial charge in [0.05, 0.1) is 12.1 Å². The van der Waals surface area contributed by atoms with Crippen LogP contribution in [-0.2, 0) is 18.3 Å². The summed E-state index contributed by atoms with van der Waals surface area (Å²) in [6, 6.07) is 12.6. The van der Waals surface area contributed by atoms with Crippen molar-refractivity contribution in [2.24, 2.45) is 7.05 Å². The van der Waals surface area contributed by atoms with Crippen LogP contribution in [0.4, 0.5) is 0 Å². The summed E-state index contributed by atoms with van der Waals surface area (Å²) in [5.74, 6) is -0.546. The van der Waals surface area contributed by atoms with Crippen LogP contribution in [0, 0.1) is 29.6 Å². The Morgan fingerprint density at radius 1 is 1.38 bits per heavy atom. The Kier molecular flexibility index (Phi) is 4.62. The Labute approximate surface area is 151 Å². The molecular formula is C20H18N4O2. The molecule has 2 N–H and O–H groups in total. The zero-order chi connectivity index (χ0) is 18.8. The summed E-state index contributed by atoms with van der Waals surface area (Å²) in [5.41, 5.74) is 3.67. The van der Waals surface area contributed by atoms with Crippen molar-refractivity contribution in [3.05, 3.63) is 64.0 Å². The average Bonchev–Trinajstić information content (AvgIpc) is 3.10. The number of hydrogen-bond acceptors (Lipinski definition) is 4. The minimum atomic E-state index is -0.722. The Bertz CT molecular complexity index is 988. The van der Waals surface area contributed by atoms with Crippen molar-refractivity contribution < 1.29 is 9.90 Å². The number of aromatic nitrogens is 1. The first kappa shape index (κ1) is 17.5. The molecule has 0 radical (unpaired) electrons. The molecule has 0 spiro atoms. The van der Waals surface area contributed by atoms with Gasteiger partial charge in [-0.2, -0.15) is 10.5 Å². The van der Waals surface area contributed by atoms with E-state index in [0.29, 0.717) is 17.7 Å². The van der Waals surface area contributed by atoms with E-state index in [2.05, 4.69) is 11.4 Å². The number of amides is 1. The van der Waals surface area contributed by atoms with Gasteiger partial charge in [0.15, 0.2) is 0 Å². The molecule has 0 aliphatic heterocycles. The average molecular weight is 346 g/mol. The van der Waals surface area contributed by atoms with Crippen molar-refractivity contribution in [2.75, 3.05) is 0 Å². The van der Waals surface area contributed by atoms with Crippen molar-refractivity contribution in [1.82, 2.24) is 9.88 Å². The lowest BCUT2D eigenvalue weighted by atomic mass is 10.1. The van der Waals surface area contributed by atoms with Crippen LogP contribution in [0.25, 0.3) is 6.08 Å². The molecule has 2 unspecified atom stereocenters. The van der Waals surface area contributed by atoms with Crippen molar-refractivity contribution in [1.29, 1.82) is 10.5 Å². The molecule has 0 saturated carbocycles. The van der Waals surface area contributed by atoms with E-state index in [1.807, 2.05) is 37.3 Å². The normalized spacial score (nSPS) is 18.7. The number of carbonyl (C=O) groups is 1. The Balaban J connectivity index is 1.87. The van der Waals surface area contributed by atoms with Gasteiger partial charge in [-0.15, -0.1) is 0 Å². The van der Waals surface area contributed by atoms with E-state index in [-0.39, 0.29) is 5.57 Å². The number of carbonyl (C=O) groups excluding carboxylic acids is 1. The molecule has 130 valence electrons. The highest BCUT2D eigenvalue weighted by Gasteiger charge is 2.32. The van der Waals surface area contributed by atoms with Crippen LogP contribution in [0.1, 0.15) is 34.1 Å². The van der Waals surface area contributed by atoms with Crippen LogP contribution < -0.4 is 5.32 Å². The first-order valence-corrected chi connectivity index (χ1v) is 8.21. The molecule has 3 rings (SSSR count). The van der Waals surface area contributed by atoms with E-state index in [9.17, 15) is 15.2 Å². The number of hydrogen-bond donors (Lipinski definition) is 2. The number of nitriles is 2. The minimum absolute atomic E-state index is 0.0697. The van der Waals surface area contributed by atoms with Gasteiger partial charge in [0.25, 0.3) is 5.91 Å². The van der Waals surface area contributed by atoms with E-state index in [4.69, 9.17) is 5.26 Å². The van der Waals surface area contributed by atoms with Crippen LogP contribution in [0.15, 0.2) is 35.9 Å². The number of benzene rings is 1. The molecule has 2 atom stereocenters. The molecule has 1 aromatic carbocycles. The maximum absolute atomic E-state index is 12.6. The van der Waals surface area contributed by atoms with Gasteiger partial charge in [-0.05, 0) is 35.8 Å². The van der Waals surface area contributed by atoms with Crippen LogP contribution in [0.5, 0.6) is 0 Å². The minimum Gasteiger partial charge on any atom is -0.390 e. The van der Waals surface area contributed by atoms with Gasteiger partial charge in [0.2, 0.25) is 0 Å². The molecule has 0 bridgehead atoms. The highest BCUT2D eigenvalue weighted by Crippen LogP contribution is 2.31. The van der Waals surface area contributed by atoms with Gasteiger partial charge >= 0.3 is 0 Å². The monoisotopic (exact) mass is 346 g/mol. The maximum atomic E-state index is 12.6. The summed E-state index contributed by atoms with van der Waals surface area (Å²) >= 11 is 0. The van der Waals surface area contributed by atoms with Crippen LogP contribution in [-0.4, -0.2) is 21.7 Å². The number of aliphatic hydroxyl groups excluding tert-OH is 1. The van der Waals surface area contributed by atoms with Crippen LogP contribution >= 0.6 is 0 Å². The highest BCUT2D eigenvalue weighted by atomic mass is 16.3. The maximum Gasteiger partial charge on any atom is 0.262 e. The van der Waals surface area contributed by atoms with E-state index < -0.39 is 18.1 Å². The third kappa shape index (κ3) is 2.99. The first-order chi connectivity index (χ1) is 12.5. The molecule has 0 saturated heterocycles. The first-order valence-electron chi connectivity index (χ1n) is 8.21. The predicted molar refractivity (Wildman–Crippen MR) is 95.5 cm³/mol. The van der Waals surface area contributed by atoms with Gasteiger partial charge in [0, 0.05) is 19.2 Å². The van der Waals surface area contributed by atoms with Gasteiger partial charge in [0.1, 0.15) is 23.4 Å². The molecule has 6 nitrogen and oxygen atoms in total. The van der Waals surface area contributed by atoms with Crippen molar-refractivity contribution in [3.8, 4) is 12.1 Å². The summed E-state index contributed by atoms with van der Waals surface area (Å²) in [7, 11) is 1.75. The summed E-state index contributed by atoms with van der Waals surface area (Å²) in [6.07, 6.45) is 1.22. The lowest BCUT2D eigenvalue weighted by Gasteiger charge is -2.17. The fraction of sp³-hybridized carbons (Fsp3) is 0.250. The lowest BCUT2D eigenvalue weighted by Crippen LogP contribution is -2.34. The van der Waals surface area contributed by atoms with Crippen LogP contribution in [0.3, 0.4) is 0 Å². The molecule has 1 aliphatic carbocycles. The molecular weight excluding hydrogens is 328 g/mol. The van der Waals surface area contributed by atoms with E-state index in [1.54, 1.807) is 17.7 Å². The second kappa shape index (κ2) is 6.87. The van der Waals surface area contributed by atoms with E-state index >= 15 is 0 Å². The van der Waals surface area contributed by atoms with Crippen LogP contribution in [0.2, 0.25) is 0 Å². The Morgan fingerprint density at radius 3 is 2.77 bits per heavy atom. The number of aliphatic hydroxyl groups is 1. The molecule has 1 aliphatic rings. The molecule has 2 aromatic rings. The Hall–Kier alpha value is -3.35. The van der Waals surface area contributed by atoms with E-state index in [1.165, 1.54) is 6.08 Å². The molecule has 1 amide bonds. The summed E-state index contributed by atoms with van der Waals surface area (Å²) < 4.78 is 1.70. The van der Waals surface area contributed by atoms with Gasteiger partial charge < -0.3 is 15.0 Å². The Morgan fingerprint density at radius 2 is 2.12 bits per heavy atom. The quantitative estimate of drug-likeness (QED) is 0.654. The topological polar surface area (TPSA) is 102 Å². The molecule has 0 fully saturated rings. The number of nitrogens with one attached hydrogen (secondary N) is 1. The van der Waals surface area contributed by atoms with E-state index in [0.717, 1.165) is 16.8 Å². The summed E-state index contributed by atoms with van der Waals surface area (Å²) in [5, 5.41) is 31.5. The molecule has 6 heteroatoms. The third-order valence-electron chi connectivity index (χ3n) is 4.84. The predicted octanol–water partition coefficient (Wildman–Crippen LogP) is 1.89. The lowest BCUT2D eigenvalue weighted by molar-refractivity contribution is -0.118.